The summed E-state index contributed by atoms with van der Waals surface area (Å²) in [6.07, 6.45) is 0. The third-order valence-electron chi connectivity index (χ3n) is 11.4. The van der Waals surface area contributed by atoms with Crippen LogP contribution >= 0.6 is 0 Å². The van der Waals surface area contributed by atoms with Crippen LogP contribution in [0.15, 0.2) is 194 Å². The maximum absolute atomic E-state index is 9.81. The minimum Gasteiger partial charge on any atom is -0.309 e. The van der Waals surface area contributed by atoms with Crippen molar-refractivity contribution in [3.63, 3.8) is 0 Å². The molecule has 0 atom stereocenters. The van der Waals surface area contributed by atoms with E-state index in [1.165, 1.54) is 65.3 Å². The van der Waals surface area contributed by atoms with Gasteiger partial charge in [-0.15, -0.1) is 0 Å². The van der Waals surface area contributed by atoms with E-state index in [1.54, 1.807) is 0 Å². The third-order valence-corrected chi connectivity index (χ3v) is 11.4. The molecule has 11 rings (SSSR count). The van der Waals surface area contributed by atoms with Crippen LogP contribution in [0.2, 0.25) is 0 Å². The Labute approximate surface area is 318 Å². The van der Waals surface area contributed by atoms with E-state index in [1.807, 2.05) is 18.2 Å². The summed E-state index contributed by atoms with van der Waals surface area (Å²) in [7, 11) is 0. The quantitative estimate of drug-likeness (QED) is 0.168. The highest BCUT2D eigenvalue weighted by atomic mass is 15.0. The van der Waals surface area contributed by atoms with Gasteiger partial charge in [0.1, 0.15) is 0 Å². The van der Waals surface area contributed by atoms with Gasteiger partial charge in [-0.3, -0.25) is 0 Å². The van der Waals surface area contributed by atoms with Crippen LogP contribution in [0.3, 0.4) is 0 Å². The molecule has 0 aliphatic carbocycles. The first-order valence-corrected chi connectivity index (χ1v) is 18.7. The van der Waals surface area contributed by atoms with Crippen LogP contribution in [0.5, 0.6) is 0 Å². The molecule has 0 saturated carbocycles. The summed E-state index contributed by atoms with van der Waals surface area (Å²) in [4.78, 5) is 0. The topological polar surface area (TPSA) is 28.7 Å². The van der Waals surface area contributed by atoms with Gasteiger partial charge in [0.15, 0.2) is 0 Å². The minimum atomic E-state index is 0.659. The first kappa shape index (κ1) is 31.1. The lowest BCUT2D eigenvalue weighted by Crippen LogP contribution is -1.93. The Morgan fingerprint density at radius 3 is 1.75 bits per heavy atom. The lowest BCUT2D eigenvalue weighted by atomic mass is 9.88. The van der Waals surface area contributed by atoms with Gasteiger partial charge in [0.05, 0.1) is 22.7 Å². The maximum atomic E-state index is 9.81. The van der Waals surface area contributed by atoms with Crippen LogP contribution in [-0.2, 0) is 0 Å². The Bertz CT molecular complexity index is 3370. The maximum Gasteiger partial charge on any atom is 0.0991 e. The number of hydrogen-bond donors (Lipinski definition) is 0. The molecule has 11 aromatic rings. The second-order valence-corrected chi connectivity index (χ2v) is 14.4. The van der Waals surface area contributed by atoms with Gasteiger partial charge in [-0.1, -0.05) is 140 Å². The fourth-order valence-corrected chi connectivity index (χ4v) is 8.87. The predicted octanol–water partition coefficient (Wildman–Crippen LogP) is 14.3. The minimum absolute atomic E-state index is 0.659. The van der Waals surface area contributed by atoms with Crippen LogP contribution in [0.25, 0.3) is 104 Å². The molecule has 254 valence electrons. The van der Waals surface area contributed by atoms with Crippen LogP contribution in [0, 0.1) is 11.3 Å². The molecule has 10 aromatic carbocycles. The van der Waals surface area contributed by atoms with Gasteiger partial charge in [0.25, 0.3) is 0 Å². The number of fused-ring (bicyclic) bond motifs is 9. The Balaban J connectivity index is 1.11. The molecule has 0 saturated heterocycles. The van der Waals surface area contributed by atoms with Gasteiger partial charge in [-0.25, -0.2) is 0 Å². The van der Waals surface area contributed by atoms with E-state index in [0.717, 1.165) is 38.6 Å². The molecule has 1 heterocycles. The molecule has 0 fully saturated rings. The van der Waals surface area contributed by atoms with E-state index in [2.05, 4.69) is 187 Å². The number of rotatable bonds is 4. The number of hydrogen-bond acceptors (Lipinski definition) is 1. The molecule has 0 unspecified atom stereocenters. The number of nitriles is 1. The van der Waals surface area contributed by atoms with Crippen LogP contribution in [0.1, 0.15) is 5.56 Å². The summed E-state index contributed by atoms with van der Waals surface area (Å²) in [6.45, 7) is 0. The number of benzene rings is 10. The fraction of sp³-hybridized carbons (Fsp3) is 0. The molecular formula is C53H32N2. The van der Waals surface area contributed by atoms with Gasteiger partial charge in [0, 0.05) is 16.5 Å². The van der Waals surface area contributed by atoms with E-state index in [9.17, 15) is 5.26 Å². The van der Waals surface area contributed by atoms with Crippen molar-refractivity contribution >= 4 is 64.9 Å². The summed E-state index contributed by atoms with van der Waals surface area (Å²) in [5.74, 6) is 0. The van der Waals surface area contributed by atoms with Crippen molar-refractivity contribution in [1.29, 1.82) is 5.26 Å². The highest BCUT2D eigenvalue weighted by Gasteiger charge is 2.17. The van der Waals surface area contributed by atoms with Gasteiger partial charge in [-0.2, -0.15) is 5.26 Å². The number of para-hydroxylation sites is 1. The molecule has 0 amide bonds. The Kier molecular flexibility index (Phi) is 6.96. The van der Waals surface area contributed by atoms with Crippen molar-refractivity contribution in [3.8, 4) is 45.1 Å². The number of aromatic nitrogens is 1. The average molecular weight is 697 g/mol. The first-order valence-electron chi connectivity index (χ1n) is 18.7. The van der Waals surface area contributed by atoms with Gasteiger partial charge >= 0.3 is 0 Å². The largest absolute Gasteiger partial charge is 0.309 e. The highest BCUT2D eigenvalue weighted by molar-refractivity contribution is 6.23. The van der Waals surface area contributed by atoms with Crippen LogP contribution < -0.4 is 0 Å². The van der Waals surface area contributed by atoms with E-state index in [4.69, 9.17) is 0 Å². The van der Waals surface area contributed by atoms with Gasteiger partial charge < -0.3 is 4.57 Å². The average Bonchev–Trinajstić information content (AvgIpc) is 3.58. The Morgan fingerprint density at radius 2 is 0.891 bits per heavy atom. The zero-order valence-corrected chi connectivity index (χ0v) is 29.9. The van der Waals surface area contributed by atoms with Crippen molar-refractivity contribution in [3.05, 3.63) is 200 Å². The molecule has 0 N–H and O–H groups in total. The van der Waals surface area contributed by atoms with Crippen molar-refractivity contribution in [2.75, 3.05) is 0 Å². The molecule has 0 radical (unpaired) electrons. The monoisotopic (exact) mass is 696 g/mol. The molecule has 55 heavy (non-hydrogen) atoms. The molecule has 0 aliphatic rings. The van der Waals surface area contributed by atoms with Crippen molar-refractivity contribution in [2.24, 2.45) is 0 Å². The Hall–Kier alpha value is -7.47. The predicted molar refractivity (Wildman–Crippen MR) is 232 cm³/mol. The molecule has 2 nitrogen and oxygen atoms in total. The zero-order valence-electron chi connectivity index (χ0n) is 29.9. The summed E-state index contributed by atoms with van der Waals surface area (Å²) < 4.78 is 2.29. The lowest BCUT2D eigenvalue weighted by Gasteiger charge is -2.16. The van der Waals surface area contributed by atoms with E-state index < -0.39 is 0 Å². The summed E-state index contributed by atoms with van der Waals surface area (Å²) in [5.41, 5.74) is 11.1. The van der Waals surface area contributed by atoms with Gasteiger partial charge in [-0.05, 0) is 131 Å². The van der Waals surface area contributed by atoms with E-state index in [0.29, 0.717) is 5.56 Å². The summed E-state index contributed by atoms with van der Waals surface area (Å²) >= 11 is 0. The van der Waals surface area contributed by atoms with Crippen molar-refractivity contribution in [2.45, 2.75) is 0 Å². The fourth-order valence-electron chi connectivity index (χ4n) is 8.87. The molecular weight excluding hydrogens is 665 g/mol. The molecule has 1 aromatic heterocycles. The molecule has 0 aliphatic heterocycles. The summed E-state index contributed by atoms with van der Waals surface area (Å²) in [5, 5.41) is 22.0. The van der Waals surface area contributed by atoms with E-state index in [-0.39, 0.29) is 0 Å². The smallest absolute Gasteiger partial charge is 0.0991 e. The summed E-state index contributed by atoms with van der Waals surface area (Å²) in [6, 6.07) is 72.4. The molecule has 0 spiro atoms. The van der Waals surface area contributed by atoms with E-state index >= 15 is 0 Å². The van der Waals surface area contributed by atoms with Crippen LogP contribution in [-0.4, -0.2) is 4.57 Å². The normalized spacial score (nSPS) is 11.6. The lowest BCUT2D eigenvalue weighted by molar-refractivity contribution is 1.18. The number of nitrogens with zero attached hydrogens (tertiary/aromatic N) is 2. The Morgan fingerprint density at radius 1 is 0.327 bits per heavy atom. The van der Waals surface area contributed by atoms with Crippen molar-refractivity contribution < 1.29 is 0 Å². The standard InChI is InChI=1S/C53H32N2/c54-33-34-23-27-52-50(29-34)51-31-37(24-28-53(51)55(52)39-15-2-1-3-16-39)36-13-8-14-38(30-36)48-32-49-45-22-10-21-43(41-20-9-12-35-11-4-5-17-40(35)41)46(45)25-26-47(49)42-18-6-7-19-44(42)48/h1-32H. The second-order valence-electron chi connectivity index (χ2n) is 14.4. The molecule has 0 bridgehead atoms. The van der Waals surface area contributed by atoms with Crippen LogP contribution in [0.4, 0.5) is 0 Å². The first-order chi connectivity index (χ1) is 27.2. The third kappa shape index (κ3) is 4.88. The van der Waals surface area contributed by atoms with Crippen molar-refractivity contribution in [1.82, 2.24) is 4.57 Å². The SMILES string of the molecule is N#Cc1ccc2c(c1)c1cc(-c3cccc(-c4cc5c6cccc(-c7cccc8ccccc78)c6ccc5c5ccccc45)c3)ccc1n2-c1ccccc1. The second kappa shape index (κ2) is 12.3. The zero-order chi connectivity index (χ0) is 36.5. The van der Waals surface area contributed by atoms with Gasteiger partial charge in [0.2, 0.25) is 0 Å². The highest BCUT2D eigenvalue weighted by Crippen LogP contribution is 2.42. The molecule has 2 heteroatoms.